The molecule has 2 N–H and O–H groups in total. The predicted molar refractivity (Wildman–Crippen MR) is 56.9 cm³/mol. The predicted octanol–water partition coefficient (Wildman–Crippen LogP) is 1.39. The molecular weight excluding hydrogens is 176 g/mol. The van der Waals surface area contributed by atoms with Gasteiger partial charge in [-0.3, -0.25) is 0 Å². The Morgan fingerprint density at radius 3 is 2.71 bits per heavy atom. The summed E-state index contributed by atoms with van der Waals surface area (Å²) in [4.78, 5) is 0. The molecule has 0 spiro atoms. The van der Waals surface area contributed by atoms with Crippen LogP contribution in [0.1, 0.15) is 39.1 Å². The van der Waals surface area contributed by atoms with Gasteiger partial charge >= 0.3 is 0 Å². The molecule has 4 heteroatoms. The largest absolute Gasteiger partial charge is 0.330 e. The van der Waals surface area contributed by atoms with Crippen molar-refractivity contribution < 1.29 is 0 Å². The summed E-state index contributed by atoms with van der Waals surface area (Å²) in [5, 5.41) is 8.04. The van der Waals surface area contributed by atoms with E-state index in [1.54, 1.807) is 6.33 Å². The third-order valence-corrected chi connectivity index (χ3v) is 2.47. The second kappa shape index (κ2) is 5.10. The van der Waals surface area contributed by atoms with Gasteiger partial charge in [-0.05, 0) is 32.7 Å². The van der Waals surface area contributed by atoms with E-state index < -0.39 is 0 Å². The number of aryl methyl sites for hydroxylation is 1. The first-order valence-electron chi connectivity index (χ1n) is 5.23. The van der Waals surface area contributed by atoms with Crippen molar-refractivity contribution in [3.8, 4) is 0 Å². The van der Waals surface area contributed by atoms with Crippen LogP contribution in [0.4, 0.5) is 0 Å². The van der Waals surface area contributed by atoms with E-state index in [4.69, 9.17) is 5.73 Å². The lowest BCUT2D eigenvalue weighted by atomic mass is 10.1. The summed E-state index contributed by atoms with van der Waals surface area (Å²) >= 11 is 0. The number of nitrogens with zero attached hydrogens (tertiary/aromatic N) is 3. The zero-order valence-electron chi connectivity index (χ0n) is 9.27. The molecule has 1 aromatic rings. The quantitative estimate of drug-likeness (QED) is 0.774. The van der Waals surface area contributed by atoms with E-state index in [1.165, 1.54) is 0 Å². The Kier molecular flexibility index (Phi) is 4.07. The van der Waals surface area contributed by atoms with Crippen molar-refractivity contribution in [2.24, 2.45) is 11.7 Å². The molecule has 0 radical (unpaired) electrons. The van der Waals surface area contributed by atoms with Crippen LogP contribution in [0.2, 0.25) is 0 Å². The fourth-order valence-corrected chi connectivity index (χ4v) is 1.37. The van der Waals surface area contributed by atoms with E-state index in [2.05, 4.69) is 35.5 Å². The molecule has 0 aromatic carbocycles. The van der Waals surface area contributed by atoms with Crippen LogP contribution in [-0.4, -0.2) is 21.3 Å². The van der Waals surface area contributed by atoms with Gasteiger partial charge in [-0.15, -0.1) is 10.2 Å². The van der Waals surface area contributed by atoms with Crippen molar-refractivity contribution in [1.29, 1.82) is 0 Å². The topological polar surface area (TPSA) is 56.7 Å². The molecule has 1 rings (SSSR count). The summed E-state index contributed by atoms with van der Waals surface area (Å²) in [6.45, 7) is 7.18. The normalized spacial score (nSPS) is 13.5. The summed E-state index contributed by atoms with van der Waals surface area (Å²) in [7, 11) is 0. The van der Waals surface area contributed by atoms with Gasteiger partial charge in [-0.25, -0.2) is 0 Å². The molecule has 1 unspecified atom stereocenters. The minimum atomic E-state index is 0.438. The standard InChI is InChI=1S/C10H20N4/c1-8(2)14-7-12-13-10(14)5-4-9(3)6-11/h7-9H,4-6,11H2,1-3H3. The lowest BCUT2D eigenvalue weighted by Crippen LogP contribution is -2.13. The Morgan fingerprint density at radius 2 is 2.14 bits per heavy atom. The molecule has 1 atom stereocenters. The second-order valence-electron chi connectivity index (χ2n) is 4.13. The number of aromatic nitrogens is 3. The highest BCUT2D eigenvalue weighted by atomic mass is 15.3. The summed E-state index contributed by atoms with van der Waals surface area (Å²) in [5.41, 5.74) is 5.57. The number of hydrogen-bond acceptors (Lipinski definition) is 3. The Bertz CT molecular complexity index is 267. The first-order chi connectivity index (χ1) is 6.65. The first-order valence-corrected chi connectivity index (χ1v) is 5.23. The van der Waals surface area contributed by atoms with E-state index >= 15 is 0 Å². The smallest absolute Gasteiger partial charge is 0.133 e. The van der Waals surface area contributed by atoms with E-state index in [0.717, 1.165) is 25.2 Å². The van der Waals surface area contributed by atoms with Crippen molar-refractivity contribution >= 4 is 0 Å². The van der Waals surface area contributed by atoms with Crippen LogP contribution in [0.15, 0.2) is 6.33 Å². The molecule has 0 saturated carbocycles. The molecule has 1 aromatic heterocycles. The van der Waals surface area contributed by atoms with Crippen LogP contribution in [0.5, 0.6) is 0 Å². The van der Waals surface area contributed by atoms with Gasteiger partial charge in [-0.2, -0.15) is 0 Å². The fourth-order valence-electron chi connectivity index (χ4n) is 1.37. The van der Waals surface area contributed by atoms with Gasteiger partial charge in [0.25, 0.3) is 0 Å². The highest BCUT2D eigenvalue weighted by Crippen LogP contribution is 2.10. The molecule has 0 fully saturated rings. The van der Waals surface area contributed by atoms with Gasteiger partial charge in [0.05, 0.1) is 0 Å². The zero-order valence-corrected chi connectivity index (χ0v) is 9.27. The van der Waals surface area contributed by atoms with E-state index in [1.807, 2.05) is 0 Å². The zero-order chi connectivity index (χ0) is 10.6. The van der Waals surface area contributed by atoms with Crippen molar-refractivity contribution in [3.05, 3.63) is 12.2 Å². The van der Waals surface area contributed by atoms with Crippen LogP contribution in [0.25, 0.3) is 0 Å². The maximum Gasteiger partial charge on any atom is 0.133 e. The number of rotatable bonds is 5. The number of hydrogen-bond donors (Lipinski definition) is 1. The Hall–Kier alpha value is -0.900. The Morgan fingerprint density at radius 1 is 1.43 bits per heavy atom. The van der Waals surface area contributed by atoms with Gasteiger partial charge in [0.1, 0.15) is 12.2 Å². The average Bonchev–Trinajstić information content (AvgIpc) is 2.62. The monoisotopic (exact) mass is 196 g/mol. The van der Waals surface area contributed by atoms with Crippen LogP contribution >= 0.6 is 0 Å². The van der Waals surface area contributed by atoms with Crippen molar-refractivity contribution in [3.63, 3.8) is 0 Å². The third kappa shape index (κ3) is 2.80. The van der Waals surface area contributed by atoms with Crippen molar-refractivity contribution in [1.82, 2.24) is 14.8 Å². The highest BCUT2D eigenvalue weighted by molar-refractivity contribution is 4.88. The van der Waals surface area contributed by atoms with Gasteiger partial charge in [0, 0.05) is 12.5 Å². The summed E-state index contributed by atoms with van der Waals surface area (Å²) in [6, 6.07) is 0.438. The van der Waals surface area contributed by atoms with Gasteiger partial charge in [-0.1, -0.05) is 6.92 Å². The summed E-state index contributed by atoms with van der Waals surface area (Å²) in [6.07, 6.45) is 3.85. The van der Waals surface area contributed by atoms with Gasteiger partial charge in [0.15, 0.2) is 0 Å². The van der Waals surface area contributed by atoms with Crippen molar-refractivity contribution in [2.75, 3.05) is 6.54 Å². The molecule has 14 heavy (non-hydrogen) atoms. The molecule has 4 nitrogen and oxygen atoms in total. The average molecular weight is 196 g/mol. The SMILES string of the molecule is CC(CN)CCc1nncn1C(C)C. The van der Waals surface area contributed by atoms with Crippen LogP contribution in [0.3, 0.4) is 0 Å². The van der Waals surface area contributed by atoms with Gasteiger partial charge in [0.2, 0.25) is 0 Å². The van der Waals surface area contributed by atoms with Crippen LogP contribution in [0, 0.1) is 5.92 Å². The maximum absolute atomic E-state index is 5.57. The van der Waals surface area contributed by atoms with Crippen LogP contribution in [-0.2, 0) is 6.42 Å². The summed E-state index contributed by atoms with van der Waals surface area (Å²) < 4.78 is 2.11. The minimum Gasteiger partial charge on any atom is -0.330 e. The highest BCUT2D eigenvalue weighted by Gasteiger charge is 2.08. The first kappa shape index (κ1) is 11.2. The van der Waals surface area contributed by atoms with Crippen molar-refractivity contribution in [2.45, 2.75) is 39.7 Å². The lowest BCUT2D eigenvalue weighted by molar-refractivity contribution is 0.505. The van der Waals surface area contributed by atoms with E-state index in [-0.39, 0.29) is 0 Å². The molecular formula is C10H20N4. The molecule has 80 valence electrons. The Labute approximate surface area is 85.5 Å². The molecule has 0 saturated heterocycles. The van der Waals surface area contributed by atoms with Crippen LogP contribution < -0.4 is 5.73 Å². The van der Waals surface area contributed by atoms with E-state index in [0.29, 0.717) is 12.0 Å². The molecule has 0 amide bonds. The second-order valence-corrected chi connectivity index (χ2v) is 4.13. The maximum atomic E-state index is 5.57. The van der Waals surface area contributed by atoms with E-state index in [9.17, 15) is 0 Å². The van der Waals surface area contributed by atoms with Gasteiger partial charge < -0.3 is 10.3 Å². The molecule has 0 aliphatic heterocycles. The molecule has 0 aliphatic carbocycles. The lowest BCUT2D eigenvalue weighted by Gasteiger charge is -2.11. The Balaban J connectivity index is 2.54. The number of nitrogens with two attached hydrogens (primary N) is 1. The minimum absolute atomic E-state index is 0.438. The summed E-state index contributed by atoms with van der Waals surface area (Å²) in [5.74, 6) is 1.63. The molecule has 1 heterocycles. The third-order valence-electron chi connectivity index (χ3n) is 2.47. The molecule has 0 bridgehead atoms. The fraction of sp³-hybridized carbons (Fsp3) is 0.800. The molecule has 0 aliphatic rings.